The molecule has 16 heavy (non-hydrogen) atoms. The summed E-state index contributed by atoms with van der Waals surface area (Å²) in [6.07, 6.45) is 0. The number of hydrogen-bond donors (Lipinski definition) is 2. The number of benzene rings is 1. The molecule has 0 fully saturated rings. The van der Waals surface area contributed by atoms with Crippen molar-refractivity contribution in [3.63, 3.8) is 0 Å². The molecule has 0 radical (unpaired) electrons. The molecule has 0 heterocycles. The molecule has 0 aliphatic heterocycles. The summed E-state index contributed by atoms with van der Waals surface area (Å²) in [7, 11) is 0.543. The normalized spacial score (nSPS) is 12.0. The molecule has 1 rings (SSSR count). The number of halogens is 1. The fourth-order valence-corrected chi connectivity index (χ4v) is 2.29. The van der Waals surface area contributed by atoms with E-state index in [9.17, 15) is 8.42 Å². The van der Waals surface area contributed by atoms with E-state index in [1.165, 1.54) is 17.0 Å². The molecular weight excluding hydrogens is 248 g/mol. The third-order valence-corrected chi connectivity index (χ3v) is 3.77. The molecule has 90 valence electrons. The van der Waals surface area contributed by atoms with Crippen LogP contribution in [0.1, 0.15) is 0 Å². The summed E-state index contributed by atoms with van der Waals surface area (Å²) in [5.41, 5.74) is 0. The Balaban J connectivity index is 2.67. The van der Waals surface area contributed by atoms with E-state index in [0.29, 0.717) is 11.6 Å². The molecule has 0 saturated carbocycles. The van der Waals surface area contributed by atoms with E-state index in [1.807, 2.05) is 14.1 Å². The largest absolute Gasteiger partial charge is 0.339 e. The maximum atomic E-state index is 11.8. The van der Waals surface area contributed by atoms with Gasteiger partial charge in [0.25, 0.3) is 0 Å². The van der Waals surface area contributed by atoms with Crippen LogP contribution in [0.4, 0.5) is 0 Å². The molecule has 0 aromatic heterocycles. The van der Waals surface area contributed by atoms with Crippen LogP contribution in [0.2, 0.25) is 5.02 Å². The molecular formula is C10H16ClN2O2S+. The second-order valence-electron chi connectivity index (χ2n) is 3.81. The van der Waals surface area contributed by atoms with Crippen molar-refractivity contribution in [3.8, 4) is 0 Å². The van der Waals surface area contributed by atoms with Crippen molar-refractivity contribution in [2.75, 3.05) is 27.2 Å². The highest BCUT2D eigenvalue weighted by Crippen LogP contribution is 2.13. The SMILES string of the molecule is C[NH+](C)CCNS(=O)(=O)c1ccc(Cl)cc1. The molecule has 1 aromatic rings. The van der Waals surface area contributed by atoms with Crippen LogP contribution < -0.4 is 9.62 Å². The van der Waals surface area contributed by atoms with Gasteiger partial charge in [-0.25, -0.2) is 13.1 Å². The van der Waals surface area contributed by atoms with Crippen molar-refractivity contribution in [1.29, 1.82) is 0 Å². The fourth-order valence-electron chi connectivity index (χ4n) is 1.13. The van der Waals surface area contributed by atoms with Gasteiger partial charge in [-0.3, -0.25) is 0 Å². The van der Waals surface area contributed by atoms with Crippen molar-refractivity contribution in [2.24, 2.45) is 0 Å². The van der Waals surface area contributed by atoms with Gasteiger partial charge in [0.2, 0.25) is 10.0 Å². The lowest BCUT2D eigenvalue weighted by Gasteiger charge is -2.09. The second kappa shape index (κ2) is 5.63. The van der Waals surface area contributed by atoms with E-state index in [2.05, 4.69) is 4.72 Å². The van der Waals surface area contributed by atoms with E-state index in [0.717, 1.165) is 6.54 Å². The molecule has 0 amide bonds. The zero-order valence-corrected chi connectivity index (χ0v) is 10.9. The van der Waals surface area contributed by atoms with Gasteiger partial charge in [-0.15, -0.1) is 0 Å². The Morgan fingerprint density at radius 3 is 2.31 bits per heavy atom. The van der Waals surface area contributed by atoms with Gasteiger partial charge in [-0.2, -0.15) is 0 Å². The van der Waals surface area contributed by atoms with Gasteiger partial charge < -0.3 is 4.90 Å². The van der Waals surface area contributed by atoms with E-state index < -0.39 is 10.0 Å². The van der Waals surface area contributed by atoms with Crippen LogP contribution in [0.5, 0.6) is 0 Å². The Kier molecular flexibility index (Phi) is 4.73. The van der Waals surface area contributed by atoms with Crippen LogP contribution in [0.3, 0.4) is 0 Å². The van der Waals surface area contributed by atoms with E-state index in [-0.39, 0.29) is 4.90 Å². The van der Waals surface area contributed by atoms with Gasteiger partial charge >= 0.3 is 0 Å². The first-order valence-electron chi connectivity index (χ1n) is 4.96. The highest BCUT2D eigenvalue weighted by atomic mass is 35.5. The molecule has 0 aliphatic rings. The molecule has 0 bridgehead atoms. The average molecular weight is 264 g/mol. The Hall–Kier alpha value is -0.620. The Morgan fingerprint density at radius 1 is 1.25 bits per heavy atom. The van der Waals surface area contributed by atoms with Crippen molar-refractivity contribution < 1.29 is 13.3 Å². The Bertz CT molecular complexity index is 429. The third kappa shape index (κ3) is 4.09. The number of likely N-dealkylation sites (N-methyl/N-ethyl adjacent to an activating group) is 1. The van der Waals surface area contributed by atoms with E-state index in [4.69, 9.17) is 11.6 Å². The Labute approximate surface area is 101 Å². The molecule has 4 nitrogen and oxygen atoms in total. The monoisotopic (exact) mass is 263 g/mol. The highest BCUT2D eigenvalue weighted by Gasteiger charge is 2.13. The first-order valence-corrected chi connectivity index (χ1v) is 6.82. The van der Waals surface area contributed by atoms with Gasteiger partial charge in [0, 0.05) is 5.02 Å². The fraction of sp³-hybridized carbons (Fsp3) is 0.400. The summed E-state index contributed by atoms with van der Waals surface area (Å²) in [5, 5.41) is 0.525. The number of nitrogens with one attached hydrogen (secondary N) is 2. The number of hydrogen-bond acceptors (Lipinski definition) is 2. The molecule has 2 N–H and O–H groups in total. The highest BCUT2D eigenvalue weighted by molar-refractivity contribution is 7.89. The van der Waals surface area contributed by atoms with Gasteiger partial charge in [0.05, 0.1) is 32.1 Å². The molecule has 0 spiro atoms. The molecule has 0 aliphatic carbocycles. The standard InChI is InChI=1S/C10H15ClN2O2S/c1-13(2)8-7-12-16(14,15)10-5-3-9(11)4-6-10/h3-6,12H,7-8H2,1-2H3/p+1. The minimum absolute atomic E-state index is 0.241. The molecule has 6 heteroatoms. The third-order valence-electron chi connectivity index (χ3n) is 2.04. The lowest BCUT2D eigenvalue weighted by molar-refractivity contribution is -0.856. The van der Waals surface area contributed by atoms with Crippen molar-refractivity contribution in [2.45, 2.75) is 4.90 Å². The van der Waals surface area contributed by atoms with Crippen molar-refractivity contribution in [3.05, 3.63) is 29.3 Å². The second-order valence-corrected chi connectivity index (χ2v) is 6.01. The number of quaternary nitrogens is 1. The first kappa shape index (κ1) is 13.4. The summed E-state index contributed by atoms with van der Waals surface area (Å²) < 4.78 is 26.1. The zero-order chi connectivity index (χ0) is 12.2. The van der Waals surface area contributed by atoms with Gasteiger partial charge in [0.15, 0.2) is 0 Å². The van der Waals surface area contributed by atoms with E-state index >= 15 is 0 Å². The minimum atomic E-state index is -3.39. The van der Waals surface area contributed by atoms with Gasteiger partial charge in [-0.1, -0.05) is 11.6 Å². The van der Waals surface area contributed by atoms with Crippen LogP contribution in [-0.4, -0.2) is 35.6 Å². The number of sulfonamides is 1. The smallest absolute Gasteiger partial charge is 0.240 e. The van der Waals surface area contributed by atoms with Crippen LogP contribution in [0, 0.1) is 0 Å². The van der Waals surface area contributed by atoms with Gasteiger partial charge in [-0.05, 0) is 24.3 Å². The number of rotatable bonds is 5. The lowest BCUT2D eigenvalue weighted by atomic mass is 10.4. The summed E-state index contributed by atoms with van der Waals surface area (Å²) in [4.78, 5) is 1.43. The Morgan fingerprint density at radius 2 is 1.81 bits per heavy atom. The van der Waals surface area contributed by atoms with Crippen molar-refractivity contribution >= 4 is 21.6 Å². The maximum Gasteiger partial charge on any atom is 0.240 e. The molecule has 0 unspecified atom stereocenters. The van der Waals surface area contributed by atoms with Crippen molar-refractivity contribution in [1.82, 2.24) is 4.72 Å². The minimum Gasteiger partial charge on any atom is -0.339 e. The van der Waals surface area contributed by atoms with Crippen LogP contribution >= 0.6 is 11.6 Å². The van der Waals surface area contributed by atoms with Crippen LogP contribution in [-0.2, 0) is 10.0 Å². The molecule has 0 atom stereocenters. The summed E-state index contributed by atoms with van der Waals surface area (Å²) in [6.45, 7) is 1.17. The molecule has 0 saturated heterocycles. The molecule has 1 aromatic carbocycles. The van der Waals surface area contributed by atoms with Crippen LogP contribution in [0.25, 0.3) is 0 Å². The summed E-state index contributed by atoms with van der Waals surface area (Å²) in [6, 6.07) is 6.11. The average Bonchev–Trinajstić information content (AvgIpc) is 2.17. The quantitative estimate of drug-likeness (QED) is 0.771. The summed E-state index contributed by atoms with van der Waals surface area (Å²) >= 11 is 5.69. The van der Waals surface area contributed by atoms with Crippen LogP contribution in [0.15, 0.2) is 29.2 Å². The first-order chi connectivity index (χ1) is 7.42. The zero-order valence-electron chi connectivity index (χ0n) is 9.33. The predicted octanol–water partition coefficient (Wildman–Crippen LogP) is -0.237. The lowest BCUT2D eigenvalue weighted by Crippen LogP contribution is -3.06. The maximum absolute atomic E-state index is 11.8. The topological polar surface area (TPSA) is 50.6 Å². The van der Waals surface area contributed by atoms with E-state index in [1.54, 1.807) is 12.1 Å². The van der Waals surface area contributed by atoms with Gasteiger partial charge in [0.1, 0.15) is 0 Å². The predicted molar refractivity (Wildman–Crippen MR) is 64.3 cm³/mol. The summed E-state index contributed by atoms with van der Waals surface area (Å²) in [5.74, 6) is 0.